The molecule has 1 fully saturated rings. The topological polar surface area (TPSA) is 88.5 Å². The van der Waals surface area contributed by atoms with Crippen molar-refractivity contribution in [2.75, 3.05) is 0 Å². The van der Waals surface area contributed by atoms with E-state index in [1.807, 2.05) is 30.3 Å². The van der Waals surface area contributed by atoms with E-state index in [0.717, 1.165) is 5.56 Å². The van der Waals surface area contributed by atoms with Crippen LogP contribution in [0.1, 0.15) is 41.6 Å². The van der Waals surface area contributed by atoms with Crippen LogP contribution in [0.5, 0.6) is 5.88 Å². The Kier molecular flexibility index (Phi) is 5.84. The Morgan fingerprint density at radius 2 is 1.81 bits per heavy atom. The lowest BCUT2D eigenvalue weighted by molar-refractivity contribution is -0.142. The summed E-state index contributed by atoms with van der Waals surface area (Å²) in [7, 11) is 0. The van der Waals surface area contributed by atoms with Crippen molar-refractivity contribution >= 4 is 11.9 Å². The third-order valence-corrected chi connectivity index (χ3v) is 4.64. The maximum Gasteiger partial charge on any atom is 0.306 e. The van der Waals surface area contributed by atoms with E-state index in [1.54, 1.807) is 12.1 Å². The van der Waals surface area contributed by atoms with Crippen molar-refractivity contribution in [1.29, 1.82) is 0 Å². The predicted octanol–water partition coefficient (Wildman–Crippen LogP) is 3.03. The van der Waals surface area contributed by atoms with E-state index in [-0.39, 0.29) is 17.9 Å². The Labute approximate surface area is 152 Å². The summed E-state index contributed by atoms with van der Waals surface area (Å²) in [6.07, 6.45) is 4.08. The van der Waals surface area contributed by atoms with Crippen LogP contribution in [0, 0.1) is 5.92 Å². The number of carbonyl (C=O) groups excluding carboxylic acids is 1. The first-order chi connectivity index (χ1) is 12.6. The molecule has 6 heteroatoms. The second-order valence-corrected chi connectivity index (χ2v) is 6.52. The lowest BCUT2D eigenvalue weighted by Crippen LogP contribution is -2.38. The minimum Gasteiger partial charge on any atom is -0.481 e. The summed E-state index contributed by atoms with van der Waals surface area (Å²) in [6, 6.07) is 13.2. The van der Waals surface area contributed by atoms with Gasteiger partial charge in [0, 0.05) is 18.3 Å². The fraction of sp³-hybridized carbons (Fsp3) is 0.350. The second-order valence-electron chi connectivity index (χ2n) is 6.52. The molecule has 0 atom stereocenters. The van der Waals surface area contributed by atoms with Crippen LogP contribution in [0.2, 0.25) is 0 Å². The van der Waals surface area contributed by atoms with E-state index in [4.69, 9.17) is 9.84 Å². The molecule has 136 valence electrons. The maximum absolute atomic E-state index is 12.3. The fourth-order valence-electron chi connectivity index (χ4n) is 3.08. The number of amides is 1. The number of nitrogens with zero attached hydrogens (tertiary/aromatic N) is 1. The monoisotopic (exact) mass is 354 g/mol. The van der Waals surface area contributed by atoms with Gasteiger partial charge in [-0.1, -0.05) is 30.3 Å². The molecule has 1 aromatic carbocycles. The summed E-state index contributed by atoms with van der Waals surface area (Å²) in [5.74, 6) is -0.755. The van der Waals surface area contributed by atoms with Gasteiger partial charge in [0.05, 0.1) is 11.5 Å². The van der Waals surface area contributed by atoms with Crippen molar-refractivity contribution < 1.29 is 19.4 Å². The summed E-state index contributed by atoms with van der Waals surface area (Å²) >= 11 is 0. The average molecular weight is 354 g/mol. The molecule has 1 aliphatic carbocycles. The first-order valence-electron chi connectivity index (χ1n) is 8.78. The molecule has 0 spiro atoms. The predicted molar refractivity (Wildman–Crippen MR) is 95.9 cm³/mol. The maximum atomic E-state index is 12.3. The molecule has 2 N–H and O–H groups in total. The fourth-order valence-corrected chi connectivity index (χ4v) is 3.08. The lowest BCUT2D eigenvalue weighted by atomic mass is 9.86. The van der Waals surface area contributed by atoms with Gasteiger partial charge in [-0.05, 0) is 37.3 Å². The molecule has 0 unspecified atom stereocenters. The Hall–Kier alpha value is -2.89. The number of aromatic nitrogens is 1. The van der Waals surface area contributed by atoms with Gasteiger partial charge >= 0.3 is 5.97 Å². The normalized spacial score (nSPS) is 19.5. The van der Waals surface area contributed by atoms with Crippen LogP contribution in [-0.4, -0.2) is 28.0 Å². The van der Waals surface area contributed by atoms with E-state index in [2.05, 4.69) is 10.3 Å². The summed E-state index contributed by atoms with van der Waals surface area (Å²) in [5.41, 5.74) is 1.52. The van der Waals surface area contributed by atoms with Gasteiger partial charge < -0.3 is 15.2 Å². The number of ether oxygens (including phenoxy) is 1. The molecule has 0 aliphatic heterocycles. The number of pyridine rings is 1. The molecule has 26 heavy (non-hydrogen) atoms. The van der Waals surface area contributed by atoms with Crippen molar-refractivity contribution in [2.24, 2.45) is 5.92 Å². The summed E-state index contributed by atoms with van der Waals surface area (Å²) in [6.45, 7) is 0.423. The quantitative estimate of drug-likeness (QED) is 0.832. The molecule has 2 aromatic rings. The smallest absolute Gasteiger partial charge is 0.306 e. The van der Waals surface area contributed by atoms with Crippen molar-refractivity contribution in [1.82, 2.24) is 10.3 Å². The largest absolute Gasteiger partial charge is 0.481 e. The van der Waals surface area contributed by atoms with Gasteiger partial charge in [0.25, 0.3) is 5.91 Å². The number of hydrogen-bond acceptors (Lipinski definition) is 4. The van der Waals surface area contributed by atoms with E-state index in [1.165, 1.54) is 6.20 Å². The number of nitrogens with one attached hydrogen (secondary N) is 1. The Bertz CT molecular complexity index is 738. The molecule has 6 nitrogen and oxygen atoms in total. The van der Waals surface area contributed by atoms with Crippen LogP contribution in [0.4, 0.5) is 0 Å². The molecule has 1 amide bonds. The number of carboxylic acids is 1. The van der Waals surface area contributed by atoms with E-state index in [0.29, 0.717) is 43.7 Å². The SMILES string of the molecule is O=C(NC1CCC(C(=O)O)CC1)c1ccc(OCc2ccccc2)nc1. The van der Waals surface area contributed by atoms with Gasteiger partial charge in [0.2, 0.25) is 5.88 Å². The molecule has 1 saturated carbocycles. The summed E-state index contributed by atoms with van der Waals surface area (Å²) in [5, 5.41) is 12.0. The Morgan fingerprint density at radius 1 is 1.08 bits per heavy atom. The van der Waals surface area contributed by atoms with Gasteiger partial charge in [-0.3, -0.25) is 9.59 Å². The van der Waals surface area contributed by atoms with Crippen LogP contribution in [-0.2, 0) is 11.4 Å². The standard InChI is InChI=1S/C20H22N2O4/c23-19(22-17-9-6-15(7-10-17)20(24)25)16-8-11-18(21-12-16)26-13-14-4-2-1-3-5-14/h1-5,8,11-12,15,17H,6-7,9-10,13H2,(H,22,23)(H,24,25). The number of rotatable bonds is 6. The highest BCUT2D eigenvalue weighted by Crippen LogP contribution is 2.24. The molecular formula is C20H22N2O4. The molecule has 3 rings (SSSR count). The molecule has 0 radical (unpaired) electrons. The Balaban J connectivity index is 1.48. The van der Waals surface area contributed by atoms with E-state index in [9.17, 15) is 9.59 Å². The first kappa shape index (κ1) is 17.9. The molecule has 1 aliphatic rings. The molecule has 0 bridgehead atoms. The zero-order valence-electron chi connectivity index (χ0n) is 14.4. The number of carboxylic acid groups (broad SMARTS) is 1. The summed E-state index contributed by atoms with van der Waals surface area (Å²) < 4.78 is 5.61. The molecule has 1 aromatic heterocycles. The highest BCUT2D eigenvalue weighted by atomic mass is 16.5. The van der Waals surface area contributed by atoms with Gasteiger partial charge in [-0.15, -0.1) is 0 Å². The molecule has 0 saturated heterocycles. The van der Waals surface area contributed by atoms with Gasteiger partial charge in [-0.25, -0.2) is 4.98 Å². The van der Waals surface area contributed by atoms with Crippen LogP contribution in [0.3, 0.4) is 0 Å². The zero-order chi connectivity index (χ0) is 18.4. The molecule has 1 heterocycles. The third kappa shape index (κ3) is 4.81. The highest BCUT2D eigenvalue weighted by molar-refractivity contribution is 5.94. The Morgan fingerprint density at radius 3 is 2.42 bits per heavy atom. The van der Waals surface area contributed by atoms with E-state index < -0.39 is 5.97 Å². The van der Waals surface area contributed by atoms with Crippen LogP contribution in [0.25, 0.3) is 0 Å². The lowest BCUT2D eigenvalue weighted by Gasteiger charge is -2.26. The zero-order valence-corrected chi connectivity index (χ0v) is 14.4. The van der Waals surface area contributed by atoms with Crippen molar-refractivity contribution in [2.45, 2.75) is 38.3 Å². The number of hydrogen-bond donors (Lipinski definition) is 2. The molecular weight excluding hydrogens is 332 g/mol. The number of aliphatic carboxylic acids is 1. The van der Waals surface area contributed by atoms with Crippen LogP contribution < -0.4 is 10.1 Å². The number of carbonyl (C=O) groups is 2. The van der Waals surface area contributed by atoms with Crippen molar-refractivity contribution in [3.8, 4) is 5.88 Å². The van der Waals surface area contributed by atoms with Crippen LogP contribution in [0.15, 0.2) is 48.7 Å². The third-order valence-electron chi connectivity index (χ3n) is 4.64. The van der Waals surface area contributed by atoms with Gasteiger partial charge in [-0.2, -0.15) is 0 Å². The highest BCUT2D eigenvalue weighted by Gasteiger charge is 2.26. The van der Waals surface area contributed by atoms with Crippen LogP contribution >= 0.6 is 0 Å². The van der Waals surface area contributed by atoms with Crippen molar-refractivity contribution in [3.63, 3.8) is 0 Å². The first-order valence-corrected chi connectivity index (χ1v) is 8.78. The van der Waals surface area contributed by atoms with Crippen molar-refractivity contribution in [3.05, 3.63) is 59.8 Å². The second kappa shape index (κ2) is 8.47. The minimum absolute atomic E-state index is 0.0205. The minimum atomic E-state index is -0.745. The van der Waals surface area contributed by atoms with Gasteiger partial charge in [0.1, 0.15) is 6.61 Å². The summed E-state index contributed by atoms with van der Waals surface area (Å²) in [4.78, 5) is 27.5. The van der Waals surface area contributed by atoms with Gasteiger partial charge in [0.15, 0.2) is 0 Å². The number of benzene rings is 1. The van der Waals surface area contributed by atoms with E-state index >= 15 is 0 Å². The average Bonchev–Trinajstić information content (AvgIpc) is 2.68.